The van der Waals surface area contributed by atoms with Gasteiger partial charge in [0.2, 0.25) is 5.91 Å². The lowest BCUT2D eigenvalue weighted by Gasteiger charge is -2.26. The summed E-state index contributed by atoms with van der Waals surface area (Å²) in [4.78, 5) is 12.2. The van der Waals surface area contributed by atoms with E-state index >= 15 is 0 Å². The van der Waals surface area contributed by atoms with E-state index in [1.165, 1.54) is 11.8 Å². The van der Waals surface area contributed by atoms with E-state index in [2.05, 4.69) is 22.4 Å². The molecule has 1 unspecified atom stereocenters. The molecule has 114 valence electrons. The van der Waals surface area contributed by atoms with Crippen LogP contribution in [0.15, 0.2) is 5.16 Å². The molecule has 0 spiro atoms. The summed E-state index contributed by atoms with van der Waals surface area (Å²) in [5.41, 5.74) is 5.40. The van der Waals surface area contributed by atoms with Crippen molar-refractivity contribution in [3.63, 3.8) is 0 Å². The van der Waals surface area contributed by atoms with Crippen LogP contribution in [0, 0.1) is 6.92 Å². The molecule has 0 radical (unpaired) electrons. The van der Waals surface area contributed by atoms with Gasteiger partial charge in [-0.3, -0.25) is 4.79 Å². The van der Waals surface area contributed by atoms with E-state index in [4.69, 9.17) is 5.73 Å². The standard InChI is InChI=1S/C13H25N5OS/c1-6-13(4,5)15-11(19)9(2)20-12-17-16-10(3)18(12)8-7-14/h9H,6-8,14H2,1-5H3,(H,15,19). The first-order valence-electron chi connectivity index (χ1n) is 6.89. The number of amides is 1. The molecule has 6 nitrogen and oxygen atoms in total. The number of carbonyl (C=O) groups excluding carboxylic acids is 1. The topological polar surface area (TPSA) is 85.8 Å². The van der Waals surface area contributed by atoms with Gasteiger partial charge in [-0.2, -0.15) is 0 Å². The van der Waals surface area contributed by atoms with E-state index in [9.17, 15) is 4.79 Å². The van der Waals surface area contributed by atoms with Crippen molar-refractivity contribution >= 4 is 17.7 Å². The summed E-state index contributed by atoms with van der Waals surface area (Å²) in [5, 5.41) is 11.7. The Balaban J connectivity index is 2.71. The zero-order valence-electron chi connectivity index (χ0n) is 12.9. The third-order valence-electron chi connectivity index (χ3n) is 3.25. The summed E-state index contributed by atoms with van der Waals surface area (Å²) in [6.07, 6.45) is 0.887. The summed E-state index contributed by atoms with van der Waals surface area (Å²) in [5.74, 6) is 0.834. The number of nitrogens with zero attached hydrogens (tertiary/aromatic N) is 3. The van der Waals surface area contributed by atoms with Gasteiger partial charge in [-0.1, -0.05) is 18.7 Å². The maximum atomic E-state index is 12.2. The number of nitrogens with one attached hydrogen (secondary N) is 1. The number of carbonyl (C=O) groups is 1. The second-order valence-corrected chi connectivity index (χ2v) is 6.76. The minimum atomic E-state index is -0.221. The molecule has 0 aliphatic heterocycles. The lowest BCUT2D eigenvalue weighted by molar-refractivity contribution is -0.121. The van der Waals surface area contributed by atoms with Crippen molar-refractivity contribution in [3.05, 3.63) is 5.82 Å². The maximum Gasteiger partial charge on any atom is 0.233 e. The van der Waals surface area contributed by atoms with E-state index < -0.39 is 0 Å². The molecule has 1 atom stereocenters. The van der Waals surface area contributed by atoms with Gasteiger partial charge < -0.3 is 15.6 Å². The first-order chi connectivity index (χ1) is 9.30. The molecular weight excluding hydrogens is 274 g/mol. The van der Waals surface area contributed by atoms with Crippen molar-refractivity contribution in [3.8, 4) is 0 Å². The minimum absolute atomic E-state index is 0.0156. The van der Waals surface area contributed by atoms with Gasteiger partial charge in [-0.15, -0.1) is 10.2 Å². The fourth-order valence-electron chi connectivity index (χ4n) is 1.57. The van der Waals surface area contributed by atoms with Crippen LogP contribution in [0.4, 0.5) is 0 Å². The summed E-state index contributed by atoms with van der Waals surface area (Å²) in [6.45, 7) is 11.0. The SMILES string of the molecule is CCC(C)(C)NC(=O)C(C)Sc1nnc(C)n1CCN. The number of hydrogen-bond donors (Lipinski definition) is 2. The van der Waals surface area contributed by atoms with Crippen LogP contribution < -0.4 is 11.1 Å². The predicted molar refractivity (Wildman–Crippen MR) is 81.6 cm³/mol. The Morgan fingerprint density at radius 3 is 2.70 bits per heavy atom. The predicted octanol–water partition coefficient (Wildman–Crippen LogP) is 1.33. The average Bonchev–Trinajstić information content (AvgIpc) is 2.71. The zero-order chi connectivity index (χ0) is 15.3. The molecule has 1 amide bonds. The van der Waals surface area contributed by atoms with Gasteiger partial charge in [0.05, 0.1) is 5.25 Å². The van der Waals surface area contributed by atoms with Gasteiger partial charge in [-0.05, 0) is 34.1 Å². The highest BCUT2D eigenvalue weighted by atomic mass is 32.2. The van der Waals surface area contributed by atoms with E-state index in [-0.39, 0.29) is 16.7 Å². The van der Waals surface area contributed by atoms with Gasteiger partial charge in [-0.25, -0.2) is 0 Å². The fourth-order valence-corrected chi connectivity index (χ4v) is 2.49. The van der Waals surface area contributed by atoms with Crippen molar-refractivity contribution in [2.45, 2.75) is 63.5 Å². The number of aromatic nitrogens is 3. The number of hydrogen-bond acceptors (Lipinski definition) is 5. The molecule has 3 N–H and O–H groups in total. The molecular formula is C13H25N5OS. The Bertz CT molecular complexity index is 458. The van der Waals surface area contributed by atoms with Crippen LogP contribution in [0.5, 0.6) is 0 Å². The molecule has 1 aromatic rings. The third-order valence-corrected chi connectivity index (χ3v) is 4.33. The van der Waals surface area contributed by atoms with Gasteiger partial charge in [0, 0.05) is 18.6 Å². The average molecular weight is 299 g/mol. The van der Waals surface area contributed by atoms with Gasteiger partial charge in [0.25, 0.3) is 0 Å². The van der Waals surface area contributed by atoms with Crippen molar-refractivity contribution < 1.29 is 4.79 Å². The van der Waals surface area contributed by atoms with Crippen LogP contribution in [0.25, 0.3) is 0 Å². The Kier molecular flexibility index (Phi) is 6.01. The largest absolute Gasteiger partial charge is 0.350 e. The second-order valence-electron chi connectivity index (χ2n) is 5.46. The Hall–Kier alpha value is -1.08. The molecule has 0 aliphatic carbocycles. The molecule has 7 heteroatoms. The Labute approximate surface area is 124 Å². The third kappa shape index (κ3) is 4.49. The van der Waals surface area contributed by atoms with Crippen molar-refractivity contribution in [1.29, 1.82) is 0 Å². The first kappa shape index (κ1) is 17.0. The lowest BCUT2D eigenvalue weighted by Crippen LogP contribution is -2.46. The van der Waals surface area contributed by atoms with E-state index in [0.29, 0.717) is 13.1 Å². The van der Waals surface area contributed by atoms with E-state index in [0.717, 1.165) is 17.4 Å². The number of thioether (sulfide) groups is 1. The summed E-state index contributed by atoms with van der Waals surface area (Å²) < 4.78 is 1.94. The minimum Gasteiger partial charge on any atom is -0.350 e. The molecule has 1 heterocycles. The summed E-state index contributed by atoms with van der Waals surface area (Å²) >= 11 is 1.41. The van der Waals surface area contributed by atoms with Gasteiger partial charge in [0.15, 0.2) is 5.16 Å². The molecule has 1 aromatic heterocycles. The second kappa shape index (κ2) is 7.08. The number of nitrogens with two attached hydrogens (primary N) is 1. The van der Waals surface area contributed by atoms with Crippen LogP contribution in [0.3, 0.4) is 0 Å². The highest BCUT2D eigenvalue weighted by Crippen LogP contribution is 2.23. The zero-order valence-corrected chi connectivity index (χ0v) is 13.8. The molecule has 1 rings (SSSR count). The quantitative estimate of drug-likeness (QED) is 0.742. The van der Waals surface area contributed by atoms with Gasteiger partial charge >= 0.3 is 0 Å². The molecule has 0 aromatic carbocycles. The molecule has 0 saturated heterocycles. The van der Waals surface area contributed by atoms with Crippen LogP contribution in [-0.4, -0.2) is 38.0 Å². The van der Waals surface area contributed by atoms with Crippen LogP contribution in [0.2, 0.25) is 0 Å². The molecule has 0 bridgehead atoms. The molecule has 0 aliphatic rings. The molecule has 0 fully saturated rings. The molecule has 20 heavy (non-hydrogen) atoms. The monoisotopic (exact) mass is 299 g/mol. The van der Waals surface area contributed by atoms with E-state index in [1.807, 2.05) is 32.3 Å². The number of rotatable bonds is 7. The van der Waals surface area contributed by atoms with Crippen LogP contribution in [-0.2, 0) is 11.3 Å². The highest BCUT2D eigenvalue weighted by molar-refractivity contribution is 8.00. The van der Waals surface area contributed by atoms with E-state index in [1.54, 1.807) is 0 Å². The first-order valence-corrected chi connectivity index (χ1v) is 7.77. The molecule has 0 saturated carbocycles. The van der Waals surface area contributed by atoms with Crippen LogP contribution >= 0.6 is 11.8 Å². The normalized spacial score (nSPS) is 13.3. The van der Waals surface area contributed by atoms with Crippen LogP contribution in [0.1, 0.15) is 39.9 Å². The highest BCUT2D eigenvalue weighted by Gasteiger charge is 2.24. The summed E-state index contributed by atoms with van der Waals surface area (Å²) in [6, 6.07) is 0. The Morgan fingerprint density at radius 1 is 1.50 bits per heavy atom. The smallest absolute Gasteiger partial charge is 0.233 e. The van der Waals surface area contributed by atoms with Crippen molar-refractivity contribution in [1.82, 2.24) is 20.1 Å². The fraction of sp³-hybridized carbons (Fsp3) is 0.769. The lowest BCUT2D eigenvalue weighted by atomic mass is 10.0. The number of aryl methyl sites for hydroxylation is 1. The van der Waals surface area contributed by atoms with Gasteiger partial charge in [0.1, 0.15) is 5.82 Å². The summed E-state index contributed by atoms with van der Waals surface area (Å²) in [7, 11) is 0. The van der Waals surface area contributed by atoms with Crippen molar-refractivity contribution in [2.24, 2.45) is 5.73 Å². The van der Waals surface area contributed by atoms with Crippen molar-refractivity contribution in [2.75, 3.05) is 6.54 Å². The Morgan fingerprint density at radius 2 is 2.15 bits per heavy atom. The maximum absolute atomic E-state index is 12.2.